The number of hydrogen-bond acceptors (Lipinski definition) is 2. The van der Waals surface area contributed by atoms with E-state index in [0.29, 0.717) is 12.2 Å². The SMILES string of the molecule is BCCc1ccccc1C(=O)OCC. The highest BCUT2D eigenvalue weighted by molar-refractivity contribution is 6.08. The van der Waals surface area contributed by atoms with Gasteiger partial charge in [0.05, 0.1) is 12.2 Å². The average molecular weight is 190 g/mol. The van der Waals surface area contributed by atoms with Gasteiger partial charge in [0.25, 0.3) is 0 Å². The molecule has 0 radical (unpaired) electrons. The lowest BCUT2D eigenvalue weighted by molar-refractivity contribution is 0.0525. The van der Waals surface area contributed by atoms with E-state index in [2.05, 4.69) is 7.85 Å². The lowest BCUT2D eigenvalue weighted by atomic mass is 9.94. The molecule has 1 aromatic carbocycles. The molecule has 0 spiro atoms. The number of benzene rings is 1. The first-order valence-electron chi connectivity index (χ1n) is 5.04. The van der Waals surface area contributed by atoms with Gasteiger partial charge in [-0.05, 0) is 25.0 Å². The molecule has 74 valence electrons. The lowest BCUT2D eigenvalue weighted by Crippen LogP contribution is -2.07. The van der Waals surface area contributed by atoms with E-state index in [0.717, 1.165) is 18.3 Å². The summed E-state index contributed by atoms with van der Waals surface area (Å²) in [7, 11) is 2.10. The van der Waals surface area contributed by atoms with Gasteiger partial charge >= 0.3 is 5.97 Å². The Kier molecular flexibility index (Phi) is 4.24. The molecule has 0 N–H and O–H groups in total. The van der Waals surface area contributed by atoms with Crippen molar-refractivity contribution in [2.45, 2.75) is 19.7 Å². The van der Waals surface area contributed by atoms with Crippen molar-refractivity contribution < 1.29 is 9.53 Å². The van der Waals surface area contributed by atoms with Crippen LogP contribution in [-0.4, -0.2) is 20.4 Å². The van der Waals surface area contributed by atoms with Crippen molar-refractivity contribution in [3.8, 4) is 0 Å². The summed E-state index contributed by atoms with van der Waals surface area (Å²) in [5.41, 5.74) is 1.78. The summed E-state index contributed by atoms with van der Waals surface area (Å²) in [5.74, 6) is -0.212. The van der Waals surface area contributed by atoms with E-state index in [1.807, 2.05) is 31.2 Å². The van der Waals surface area contributed by atoms with Crippen LogP contribution < -0.4 is 0 Å². The van der Waals surface area contributed by atoms with Gasteiger partial charge in [0.15, 0.2) is 0 Å². The highest BCUT2D eigenvalue weighted by Crippen LogP contribution is 2.12. The molecule has 0 bridgehead atoms. The van der Waals surface area contributed by atoms with Crippen LogP contribution >= 0.6 is 0 Å². The van der Waals surface area contributed by atoms with Crippen LogP contribution in [0.4, 0.5) is 0 Å². The molecule has 0 aliphatic carbocycles. The average Bonchev–Trinajstić information content (AvgIpc) is 2.19. The third-order valence-electron chi connectivity index (χ3n) is 2.03. The van der Waals surface area contributed by atoms with Gasteiger partial charge in [-0.1, -0.05) is 24.5 Å². The standard InChI is InChI=1S/C11H15BO2/c1-2-14-11(13)10-6-4-3-5-9(10)7-8-12/h3-6H,2,7-8,12H2,1H3. The van der Waals surface area contributed by atoms with E-state index >= 15 is 0 Å². The number of rotatable bonds is 4. The van der Waals surface area contributed by atoms with Crippen LogP contribution in [0.2, 0.25) is 6.32 Å². The Morgan fingerprint density at radius 3 is 2.79 bits per heavy atom. The van der Waals surface area contributed by atoms with Crippen molar-refractivity contribution >= 4 is 13.8 Å². The molecular weight excluding hydrogens is 175 g/mol. The van der Waals surface area contributed by atoms with Crippen molar-refractivity contribution in [3.63, 3.8) is 0 Å². The van der Waals surface area contributed by atoms with E-state index in [1.54, 1.807) is 0 Å². The summed E-state index contributed by atoms with van der Waals surface area (Å²) < 4.78 is 4.98. The topological polar surface area (TPSA) is 26.3 Å². The Labute approximate surface area is 85.7 Å². The molecule has 0 amide bonds. The molecular formula is C11H15BO2. The van der Waals surface area contributed by atoms with E-state index < -0.39 is 0 Å². The zero-order chi connectivity index (χ0) is 10.4. The molecule has 0 aliphatic heterocycles. The Morgan fingerprint density at radius 2 is 2.14 bits per heavy atom. The van der Waals surface area contributed by atoms with E-state index in [-0.39, 0.29) is 5.97 Å². The number of carbonyl (C=O) groups is 1. The minimum atomic E-state index is -0.212. The maximum absolute atomic E-state index is 11.5. The highest BCUT2D eigenvalue weighted by atomic mass is 16.5. The number of carbonyl (C=O) groups excluding carboxylic acids is 1. The summed E-state index contributed by atoms with van der Waals surface area (Å²) in [6, 6.07) is 7.62. The van der Waals surface area contributed by atoms with Gasteiger partial charge < -0.3 is 4.74 Å². The fourth-order valence-corrected chi connectivity index (χ4v) is 1.42. The fourth-order valence-electron chi connectivity index (χ4n) is 1.42. The van der Waals surface area contributed by atoms with Crippen LogP contribution in [0.5, 0.6) is 0 Å². The highest BCUT2D eigenvalue weighted by Gasteiger charge is 2.10. The van der Waals surface area contributed by atoms with Gasteiger partial charge in [0.2, 0.25) is 0 Å². The molecule has 14 heavy (non-hydrogen) atoms. The van der Waals surface area contributed by atoms with E-state index in [4.69, 9.17) is 4.74 Å². The maximum Gasteiger partial charge on any atom is 0.338 e. The molecule has 0 atom stereocenters. The Morgan fingerprint density at radius 1 is 1.43 bits per heavy atom. The summed E-state index contributed by atoms with van der Waals surface area (Å²) in [5, 5.41) is 0. The molecule has 0 aromatic heterocycles. The molecule has 1 rings (SSSR count). The normalized spacial score (nSPS) is 9.79. The van der Waals surface area contributed by atoms with Gasteiger partial charge in [0, 0.05) is 0 Å². The second-order valence-corrected chi connectivity index (χ2v) is 3.13. The van der Waals surface area contributed by atoms with Crippen LogP contribution in [0.1, 0.15) is 22.8 Å². The van der Waals surface area contributed by atoms with Crippen LogP contribution in [-0.2, 0) is 11.2 Å². The molecule has 0 saturated carbocycles. The molecule has 3 heteroatoms. The number of aryl methyl sites for hydroxylation is 1. The zero-order valence-corrected chi connectivity index (χ0v) is 8.75. The van der Waals surface area contributed by atoms with Gasteiger partial charge in [-0.2, -0.15) is 0 Å². The van der Waals surface area contributed by atoms with Crippen molar-refractivity contribution in [3.05, 3.63) is 35.4 Å². The quantitative estimate of drug-likeness (QED) is 0.530. The fraction of sp³-hybridized carbons (Fsp3) is 0.364. The monoisotopic (exact) mass is 190 g/mol. The van der Waals surface area contributed by atoms with Crippen molar-refractivity contribution in [1.29, 1.82) is 0 Å². The summed E-state index contributed by atoms with van der Waals surface area (Å²) in [6.45, 7) is 2.25. The molecule has 1 aromatic rings. The Hall–Kier alpha value is -1.25. The molecule has 0 unspecified atom stereocenters. The predicted molar refractivity (Wildman–Crippen MR) is 59.5 cm³/mol. The number of hydrogen-bond donors (Lipinski definition) is 0. The zero-order valence-electron chi connectivity index (χ0n) is 8.75. The first kappa shape index (κ1) is 10.8. The maximum atomic E-state index is 11.5. The van der Waals surface area contributed by atoms with E-state index in [9.17, 15) is 4.79 Å². The summed E-state index contributed by atoms with van der Waals surface area (Å²) in [4.78, 5) is 11.5. The number of esters is 1. The number of ether oxygens (including phenoxy) is 1. The summed E-state index contributed by atoms with van der Waals surface area (Å²) >= 11 is 0. The molecule has 2 nitrogen and oxygen atoms in total. The van der Waals surface area contributed by atoms with Gasteiger partial charge in [-0.25, -0.2) is 4.79 Å². The Balaban J connectivity index is 2.88. The van der Waals surface area contributed by atoms with Gasteiger partial charge in [-0.15, -0.1) is 0 Å². The van der Waals surface area contributed by atoms with Crippen molar-refractivity contribution in [1.82, 2.24) is 0 Å². The molecule has 0 fully saturated rings. The van der Waals surface area contributed by atoms with Gasteiger partial charge in [0.1, 0.15) is 7.85 Å². The molecule has 0 saturated heterocycles. The van der Waals surface area contributed by atoms with Gasteiger partial charge in [-0.3, -0.25) is 0 Å². The first-order chi connectivity index (χ1) is 6.79. The largest absolute Gasteiger partial charge is 0.462 e. The first-order valence-corrected chi connectivity index (χ1v) is 5.04. The minimum absolute atomic E-state index is 0.212. The van der Waals surface area contributed by atoms with Crippen LogP contribution in [0.15, 0.2) is 24.3 Å². The smallest absolute Gasteiger partial charge is 0.338 e. The second-order valence-electron chi connectivity index (χ2n) is 3.13. The third-order valence-corrected chi connectivity index (χ3v) is 2.03. The van der Waals surface area contributed by atoms with Crippen molar-refractivity contribution in [2.24, 2.45) is 0 Å². The second kappa shape index (κ2) is 5.48. The lowest BCUT2D eigenvalue weighted by Gasteiger charge is -2.06. The Bertz CT molecular complexity index is 310. The minimum Gasteiger partial charge on any atom is -0.462 e. The molecule has 0 heterocycles. The summed E-state index contributed by atoms with van der Waals surface area (Å²) in [6.07, 6.45) is 1.96. The van der Waals surface area contributed by atoms with Crippen LogP contribution in [0.3, 0.4) is 0 Å². The predicted octanol–water partition coefficient (Wildman–Crippen LogP) is 1.46. The van der Waals surface area contributed by atoms with Crippen LogP contribution in [0.25, 0.3) is 0 Å². The third kappa shape index (κ3) is 2.62. The van der Waals surface area contributed by atoms with Crippen LogP contribution in [0, 0.1) is 0 Å². The van der Waals surface area contributed by atoms with E-state index in [1.165, 1.54) is 0 Å². The molecule has 0 aliphatic rings. The van der Waals surface area contributed by atoms with Crippen molar-refractivity contribution in [2.75, 3.05) is 6.61 Å².